The van der Waals surface area contributed by atoms with Crippen LogP contribution in [0.25, 0.3) is 0 Å². The molecule has 0 fully saturated rings. The van der Waals surface area contributed by atoms with Crippen LogP contribution in [0.4, 0.5) is 13.2 Å². The summed E-state index contributed by atoms with van der Waals surface area (Å²) < 4.78 is 36.5. The fourth-order valence-electron chi connectivity index (χ4n) is 1.49. The first-order valence-corrected chi connectivity index (χ1v) is 5.47. The zero-order valence-electron chi connectivity index (χ0n) is 9.69. The van der Waals surface area contributed by atoms with Crippen LogP contribution in [0.2, 0.25) is 0 Å². The summed E-state index contributed by atoms with van der Waals surface area (Å²) >= 11 is 0. The highest BCUT2D eigenvalue weighted by Gasteiger charge is 2.28. The lowest BCUT2D eigenvalue weighted by Gasteiger charge is -2.24. The number of nitrogens with one attached hydrogen (secondary N) is 1. The second kappa shape index (κ2) is 6.72. The van der Waals surface area contributed by atoms with Crippen molar-refractivity contribution in [2.75, 3.05) is 19.7 Å². The van der Waals surface area contributed by atoms with E-state index in [1.54, 1.807) is 6.07 Å². The van der Waals surface area contributed by atoms with Gasteiger partial charge in [0.05, 0.1) is 19.1 Å². The Balaban J connectivity index is 2.51. The minimum absolute atomic E-state index is 0.0222. The van der Waals surface area contributed by atoms with E-state index in [-0.39, 0.29) is 19.6 Å². The Morgan fingerprint density at radius 2 is 2.17 bits per heavy atom. The van der Waals surface area contributed by atoms with E-state index in [1.165, 1.54) is 11.1 Å². The Kier molecular flexibility index (Phi) is 5.57. The number of nitrogens with zero attached hydrogens (tertiary/aromatic N) is 2. The fourth-order valence-corrected chi connectivity index (χ4v) is 1.49. The summed E-state index contributed by atoms with van der Waals surface area (Å²) in [7, 11) is 0. The molecule has 1 heterocycles. The van der Waals surface area contributed by atoms with Crippen LogP contribution >= 0.6 is 0 Å². The summed E-state index contributed by atoms with van der Waals surface area (Å²) in [6.45, 7) is -0.524. The highest BCUT2D eigenvalue weighted by atomic mass is 19.4. The van der Waals surface area contributed by atoms with Gasteiger partial charge in [0.15, 0.2) is 0 Å². The van der Waals surface area contributed by atoms with E-state index in [2.05, 4.69) is 10.2 Å². The molecule has 0 aliphatic rings. The molecule has 1 atom stereocenters. The van der Waals surface area contributed by atoms with Crippen LogP contribution in [-0.2, 0) is 6.54 Å². The number of halogens is 3. The molecule has 0 aliphatic carbocycles. The van der Waals surface area contributed by atoms with Gasteiger partial charge in [-0.3, -0.25) is 10.00 Å². The maximum atomic E-state index is 12.2. The zero-order valence-corrected chi connectivity index (χ0v) is 9.69. The summed E-state index contributed by atoms with van der Waals surface area (Å²) in [6, 6.07) is 1.64. The predicted octanol–water partition coefficient (Wildman–Crippen LogP) is 0.517. The molecule has 1 rings (SSSR count). The number of aliphatic hydroxyl groups excluding tert-OH is 2. The standard InChI is InChI=1S/C10H16F3N3O2/c11-10(12,13)2-4-16(6-9(18)7-17)5-8-1-3-14-15-8/h1,3,9,17-18H,2,4-7H2,(H,14,15)/t9-/m0/s1. The lowest BCUT2D eigenvalue weighted by atomic mass is 10.2. The molecular weight excluding hydrogens is 251 g/mol. The Morgan fingerprint density at radius 3 is 2.67 bits per heavy atom. The van der Waals surface area contributed by atoms with Crippen molar-refractivity contribution in [3.05, 3.63) is 18.0 Å². The molecule has 5 nitrogen and oxygen atoms in total. The van der Waals surface area contributed by atoms with Crippen LogP contribution < -0.4 is 0 Å². The lowest BCUT2D eigenvalue weighted by molar-refractivity contribution is -0.139. The van der Waals surface area contributed by atoms with Crippen molar-refractivity contribution < 1.29 is 23.4 Å². The van der Waals surface area contributed by atoms with E-state index >= 15 is 0 Å². The van der Waals surface area contributed by atoms with Crippen molar-refractivity contribution in [3.8, 4) is 0 Å². The first-order chi connectivity index (χ1) is 8.40. The highest BCUT2D eigenvalue weighted by molar-refractivity contribution is 4.97. The Labute approximate surface area is 102 Å². The van der Waals surface area contributed by atoms with Gasteiger partial charge in [0.25, 0.3) is 0 Å². The Morgan fingerprint density at radius 1 is 1.44 bits per heavy atom. The van der Waals surface area contributed by atoms with Gasteiger partial charge < -0.3 is 10.2 Å². The monoisotopic (exact) mass is 267 g/mol. The fraction of sp³-hybridized carbons (Fsp3) is 0.700. The molecule has 0 aliphatic heterocycles. The molecule has 1 aromatic heterocycles. The van der Waals surface area contributed by atoms with Crippen molar-refractivity contribution in [2.24, 2.45) is 0 Å². The number of aromatic amines is 1. The number of aromatic nitrogens is 2. The van der Waals surface area contributed by atoms with Crippen LogP contribution in [-0.4, -0.2) is 57.3 Å². The van der Waals surface area contributed by atoms with Gasteiger partial charge in [0, 0.05) is 31.5 Å². The maximum absolute atomic E-state index is 12.2. The highest BCUT2D eigenvalue weighted by Crippen LogP contribution is 2.20. The minimum atomic E-state index is -4.24. The zero-order chi connectivity index (χ0) is 13.6. The molecule has 0 saturated heterocycles. The van der Waals surface area contributed by atoms with Crippen molar-refractivity contribution >= 4 is 0 Å². The van der Waals surface area contributed by atoms with E-state index in [9.17, 15) is 18.3 Å². The minimum Gasteiger partial charge on any atom is -0.394 e. The van der Waals surface area contributed by atoms with Crippen molar-refractivity contribution in [2.45, 2.75) is 25.2 Å². The Hall–Kier alpha value is -1.12. The number of hydrogen-bond acceptors (Lipinski definition) is 4. The van der Waals surface area contributed by atoms with E-state index in [0.717, 1.165) is 0 Å². The van der Waals surface area contributed by atoms with Crippen LogP contribution in [0.1, 0.15) is 12.1 Å². The molecule has 0 bridgehead atoms. The molecule has 3 N–H and O–H groups in total. The summed E-state index contributed by atoms with van der Waals surface area (Å²) in [4.78, 5) is 1.42. The van der Waals surface area contributed by atoms with E-state index in [1.807, 2.05) is 0 Å². The van der Waals surface area contributed by atoms with E-state index < -0.39 is 25.3 Å². The summed E-state index contributed by atoms with van der Waals surface area (Å²) in [6.07, 6.45) is -4.75. The van der Waals surface area contributed by atoms with Gasteiger partial charge in [-0.05, 0) is 6.07 Å². The maximum Gasteiger partial charge on any atom is 0.390 e. The van der Waals surface area contributed by atoms with Crippen molar-refractivity contribution in [1.29, 1.82) is 0 Å². The lowest BCUT2D eigenvalue weighted by Crippen LogP contribution is -2.36. The third-order valence-corrected chi connectivity index (χ3v) is 2.34. The number of hydrogen-bond donors (Lipinski definition) is 3. The molecule has 1 aromatic rings. The molecule has 104 valence electrons. The number of alkyl halides is 3. The number of aliphatic hydroxyl groups is 2. The van der Waals surface area contributed by atoms with Crippen LogP contribution in [0, 0.1) is 0 Å². The van der Waals surface area contributed by atoms with E-state index in [0.29, 0.717) is 5.69 Å². The molecule has 8 heteroatoms. The van der Waals surface area contributed by atoms with Gasteiger partial charge in [0.2, 0.25) is 0 Å². The van der Waals surface area contributed by atoms with Crippen LogP contribution in [0.3, 0.4) is 0 Å². The molecule has 0 unspecified atom stereocenters. The first-order valence-electron chi connectivity index (χ1n) is 5.47. The largest absolute Gasteiger partial charge is 0.394 e. The van der Waals surface area contributed by atoms with Gasteiger partial charge in [-0.25, -0.2) is 0 Å². The second-order valence-corrected chi connectivity index (χ2v) is 4.02. The van der Waals surface area contributed by atoms with E-state index in [4.69, 9.17) is 5.11 Å². The Bertz CT molecular complexity index is 330. The second-order valence-electron chi connectivity index (χ2n) is 4.02. The summed E-state index contributed by atoms with van der Waals surface area (Å²) in [5.74, 6) is 0. The first kappa shape index (κ1) is 14.9. The molecule has 18 heavy (non-hydrogen) atoms. The normalized spacial score (nSPS) is 14.1. The number of H-pyrrole nitrogens is 1. The summed E-state index contributed by atoms with van der Waals surface area (Å²) in [5, 5.41) is 24.3. The van der Waals surface area contributed by atoms with Crippen LogP contribution in [0.5, 0.6) is 0 Å². The molecule has 0 saturated carbocycles. The average molecular weight is 267 g/mol. The molecule has 0 radical (unpaired) electrons. The molecule has 0 aromatic carbocycles. The summed E-state index contributed by atoms with van der Waals surface area (Å²) in [5.41, 5.74) is 0.655. The number of rotatable bonds is 7. The van der Waals surface area contributed by atoms with Crippen LogP contribution in [0.15, 0.2) is 12.3 Å². The SMILES string of the molecule is OC[C@@H](O)CN(CCC(F)(F)F)Cc1ccn[nH]1. The smallest absolute Gasteiger partial charge is 0.390 e. The topological polar surface area (TPSA) is 72.4 Å². The predicted molar refractivity (Wildman–Crippen MR) is 57.6 cm³/mol. The quantitative estimate of drug-likeness (QED) is 0.673. The third-order valence-electron chi connectivity index (χ3n) is 2.34. The molecule has 0 spiro atoms. The van der Waals surface area contributed by atoms with Crippen molar-refractivity contribution in [3.63, 3.8) is 0 Å². The third kappa shape index (κ3) is 5.99. The van der Waals surface area contributed by atoms with Gasteiger partial charge in [-0.1, -0.05) is 0 Å². The average Bonchev–Trinajstić information content (AvgIpc) is 2.77. The van der Waals surface area contributed by atoms with Gasteiger partial charge in [-0.2, -0.15) is 18.3 Å². The van der Waals surface area contributed by atoms with Crippen molar-refractivity contribution in [1.82, 2.24) is 15.1 Å². The molecular formula is C10H16F3N3O2. The van der Waals surface area contributed by atoms with Gasteiger partial charge in [0.1, 0.15) is 0 Å². The van der Waals surface area contributed by atoms with Gasteiger partial charge in [-0.15, -0.1) is 0 Å². The van der Waals surface area contributed by atoms with Gasteiger partial charge >= 0.3 is 6.18 Å². The molecule has 0 amide bonds.